The van der Waals surface area contributed by atoms with Gasteiger partial charge in [0, 0.05) is 55.1 Å². The fourth-order valence-corrected chi connectivity index (χ4v) is 3.28. The molecule has 6 nitrogen and oxygen atoms in total. The van der Waals surface area contributed by atoms with Crippen LogP contribution in [0, 0.1) is 0 Å². The van der Waals surface area contributed by atoms with Crippen molar-refractivity contribution in [3.8, 4) is 5.69 Å². The molecule has 0 unspecified atom stereocenters. The maximum atomic E-state index is 12.5. The van der Waals surface area contributed by atoms with Crippen molar-refractivity contribution in [2.24, 2.45) is 5.73 Å². The summed E-state index contributed by atoms with van der Waals surface area (Å²) in [6, 6.07) is 8.07. The van der Waals surface area contributed by atoms with Gasteiger partial charge < -0.3 is 15.6 Å². The SMILES string of the molecule is CC(C)NC(=O)[C@@H]1C[C@H](N)CN1Cc1cccn1-c1ccncc1. The predicted octanol–water partition coefficient (Wildman–Crippen LogP) is 1.30. The fourth-order valence-electron chi connectivity index (χ4n) is 3.28. The van der Waals surface area contributed by atoms with Gasteiger partial charge in [0.15, 0.2) is 0 Å². The molecule has 3 heterocycles. The summed E-state index contributed by atoms with van der Waals surface area (Å²) in [5.74, 6) is 0.0694. The maximum Gasteiger partial charge on any atom is 0.237 e. The third-order valence-corrected chi connectivity index (χ3v) is 4.31. The zero-order chi connectivity index (χ0) is 17.1. The standard InChI is InChI=1S/C18H25N5O/c1-13(2)21-18(24)17-10-14(19)11-22(17)12-16-4-3-9-23(16)15-5-7-20-8-6-15/h3-9,13-14,17H,10-12,19H2,1-2H3,(H,21,24)/t14-,17-/m0/s1. The average Bonchev–Trinajstić information content (AvgIpc) is 3.14. The van der Waals surface area contributed by atoms with Crippen LogP contribution in [0.4, 0.5) is 0 Å². The molecular formula is C18H25N5O. The van der Waals surface area contributed by atoms with Crippen molar-refractivity contribution in [3.05, 3.63) is 48.5 Å². The Hall–Kier alpha value is -2.18. The van der Waals surface area contributed by atoms with Gasteiger partial charge in [0.1, 0.15) is 0 Å². The van der Waals surface area contributed by atoms with Crippen LogP contribution in [0.2, 0.25) is 0 Å². The molecule has 1 saturated heterocycles. The van der Waals surface area contributed by atoms with Crippen molar-refractivity contribution >= 4 is 5.91 Å². The van der Waals surface area contributed by atoms with Crippen molar-refractivity contribution in [3.63, 3.8) is 0 Å². The van der Waals surface area contributed by atoms with Gasteiger partial charge in [-0.3, -0.25) is 14.7 Å². The van der Waals surface area contributed by atoms with E-state index in [0.29, 0.717) is 13.0 Å². The van der Waals surface area contributed by atoms with Crippen LogP contribution in [0.5, 0.6) is 0 Å². The van der Waals surface area contributed by atoms with Gasteiger partial charge in [0.25, 0.3) is 0 Å². The van der Waals surface area contributed by atoms with Gasteiger partial charge in [-0.25, -0.2) is 0 Å². The molecule has 128 valence electrons. The van der Waals surface area contributed by atoms with Crippen molar-refractivity contribution in [1.82, 2.24) is 19.8 Å². The summed E-state index contributed by atoms with van der Waals surface area (Å²) in [7, 11) is 0. The Bertz CT molecular complexity index is 682. The highest BCUT2D eigenvalue weighted by Crippen LogP contribution is 2.22. The molecule has 1 aliphatic rings. The molecule has 2 aromatic heterocycles. The van der Waals surface area contributed by atoms with E-state index in [-0.39, 0.29) is 24.0 Å². The van der Waals surface area contributed by atoms with Gasteiger partial charge in [-0.1, -0.05) is 0 Å². The van der Waals surface area contributed by atoms with Gasteiger partial charge in [-0.05, 0) is 44.5 Å². The van der Waals surface area contributed by atoms with Crippen LogP contribution in [0.25, 0.3) is 5.69 Å². The minimum atomic E-state index is -0.164. The summed E-state index contributed by atoms with van der Waals surface area (Å²) < 4.78 is 2.13. The molecule has 3 rings (SSSR count). The van der Waals surface area contributed by atoms with Gasteiger partial charge in [0.2, 0.25) is 5.91 Å². The van der Waals surface area contributed by atoms with Crippen LogP contribution < -0.4 is 11.1 Å². The maximum absolute atomic E-state index is 12.5. The second kappa shape index (κ2) is 7.15. The molecule has 1 aliphatic heterocycles. The zero-order valence-corrected chi connectivity index (χ0v) is 14.2. The monoisotopic (exact) mass is 327 g/mol. The third-order valence-electron chi connectivity index (χ3n) is 4.31. The molecular weight excluding hydrogens is 302 g/mol. The summed E-state index contributed by atoms with van der Waals surface area (Å²) in [5.41, 5.74) is 8.33. The lowest BCUT2D eigenvalue weighted by atomic mass is 10.1. The number of hydrogen-bond acceptors (Lipinski definition) is 4. The van der Waals surface area contributed by atoms with Crippen molar-refractivity contribution in [2.75, 3.05) is 6.54 Å². The molecule has 1 amide bonds. The second-order valence-corrected chi connectivity index (χ2v) is 6.68. The molecule has 0 spiro atoms. The van der Waals surface area contributed by atoms with Gasteiger partial charge in [-0.2, -0.15) is 0 Å². The van der Waals surface area contributed by atoms with Crippen LogP contribution in [0.15, 0.2) is 42.9 Å². The first-order valence-electron chi connectivity index (χ1n) is 8.41. The lowest BCUT2D eigenvalue weighted by Gasteiger charge is -2.25. The third kappa shape index (κ3) is 3.66. The molecule has 2 atom stereocenters. The van der Waals surface area contributed by atoms with Crippen LogP contribution in [-0.2, 0) is 11.3 Å². The highest BCUT2D eigenvalue weighted by Gasteiger charge is 2.35. The fraction of sp³-hybridized carbons (Fsp3) is 0.444. The molecule has 0 bridgehead atoms. The lowest BCUT2D eigenvalue weighted by molar-refractivity contribution is -0.126. The Labute approximate surface area is 142 Å². The van der Waals surface area contributed by atoms with E-state index in [1.807, 2.05) is 38.2 Å². The number of hydrogen-bond donors (Lipinski definition) is 2. The Morgan fingerprint density at radius 2 is 2.12 bits per heavy atom. The summed E-state index contributed by atoms with van der Waals surface area (Å²) in [6.45, 7) is 5.38. The first-order chi connectivity index (χ1) is 11.5. The second-order valence-electron chi connectivity index (χ2n) is 6.68. The molecule has 24 heavy (non-hydrogen) atoms. The van der Waals surface area contributed by atoms with Gasteiger partial charge in [0.05, 0.1) is 6.04 Å². The number of amides is 1. The minimum Gasteiger partial charge on any atom is -0.353 e. The minimum absolute atomic E-state index is 0.0391. The summed E-state index contributed by atoms with van der Waals surface area (Å²) in [6.07, 6.45) is 6.30. The predicted molar refractivity (Wildman–Crippen MR) is 93.6 cm³/mol. The lowest BCUT2D eigenvalue weighted by Crippen LogP contribution is -2.45. The molecule has 0 radical (unpaired) electrons. The topological polar surface area (TPSA) is 76.2 Å². The quantitative estimate of drug-likeness (QED) is 0.868. The number of rotatable bonds is 5. The van der Waals surface area contributed by atoms with Gasteiger partial charge in [-0.15, -0.1) is 0 Å². The summed E-state index contributed by atoms with van der Waals surface area (Å²) >= 11 is 0. The molecule has 0 aromatic carbocycles. The van der Waals surface area contributed by atoms with Crippen molar-refractivity contribution in [2.45, 2.75) is 44.9 Å². The molecule has 2 aromatic rings. The van der Waals surface area contributed by atoms with E-state index >= 15 is 0 Å². The highest BCUT2D eigenvalue weighted by atomic mass is 16.2. The Morgan fingerprint density at radius 1 is 1.38 bits per heavy atom. The van der Waals surface area contributed by atoms with Crippen LogP contribution in [0.1, 0.15) is 26.0 Å². The number of pyridine rings is 1. The highest BCUT2D eigenvalue weighted by molar-refractivity contribution is 5.82. The van der Waals surface area contributed by atoms with E-state index in [1.54, 1.807) is 12.4 Å². The number of aromatic nitrogens is 2. The molecule has 6 heteroatoms. The van der Waals surface area contributed by atoms with Crippen LogP contribution in [-0.4, -0.2) is 45.0 Å². The van der Waals surface area contributed by atoms with E-state index in [2.05, 4.69) is 25.8 Å². The van der Waals surface area contributed by atoms with E-state index < -0.39 is 0 Å². The summed E-state index contributed by atoms with van der Waals surface area (Å²) in [4.78, 5) is 18.7. The number of nitrogens with two attached hydrogens (primary N) is 1. The number of likely N-dealkylation sites (tertiary alicyclic amines) is 1. The first-order valence-corrected chi connectivity index (χ1v) is 8.41. The molecule has 3 N–H and O–H groups in total. The molecule has 0 aliphatic carbocycles. The number of carbonyl (C=O) groups excluding carboxylic acids is 1. The smallest absolute Gasteiger partial charge is 0.237 e. The van der Waals surface area contributed by atoms with Crippen molar-refractivity contribution < 1.29 is 4.79 Å². The molecule has 1 fully saturated rings. The Balaban J connectivity index is 1.78. The number of carbonyl (C=O) groups is 1. The van der Waals surface area contributed by atoms with Crippen molar-refractivity contribution in [1.29, 1.82) is 0 Å². The number of nitrogens with zero attached hydrogens (tertiary/aromatic N) is 3. The molecule has 0 saturated carbocycles. The summed E-state index contributed by atoms with van der Waals surface area (Å²) in [5, 5.41) is 3.01. The largest absolute Gasteiger partial charge is 0.353 e. The Morgan fingerprint density at radius 3 is 2.83 bits per heavy atom. The van der Waals surface area contributed by atoms with E-state index in [9.17, 15) is 4.79 Å². The van der Waals surface area contributed by atoms with Gasteiger partial charge >= 0.3 is 0 Å². The average molecular weight is 327 g/mol. The van der Waals surface area contributed by atoms with E-state index in [0.717, 1.165) is 17.9 Å². The van der Waals surface area contributed by atoms with E-state index in [4.69, 9.17) is 5.73 Å². The zero-order valence-electron chi connectivity index (χ0n) is 14.2. The Kier molecular flexibility index (Phi) is 4.97. The van der Waals surface area contributed by atoms with Crippen LogP contribution in [0.3, 0.4) is 0 Å². The first kappa shape index (κ1) is 16.7. The van der Waals surface area contributed by atoms with E-state index in [1.165, 1.54) is 0 Å². The normalized spacial score (nSPS) is 21.3. The number of nitrogens with one attached hydrogen (secondary N) is 1. The van der Waals surface area contributed by atoms with Crippen LogP contribution >= 0.6 is 0 Å².